The quantitative estimate of drug-likeness (QED) is 0.666. The van der Waals surface area contributed by atoms with Crippen molar-refractivity contribution >= 4 is 5.91 Å². The Morgan fingerprint density at radius 3 is 3.08 bits per heavy atom. The van der Waals surface area contributed by atoms with Gasteiger partial charge in [0.15, 0.2) is 0 Å². The summed E-state index contributed by atoms with van der Waals surface area (Å²) in [5, 5.41) is 3.19. The van der Waals surface area contributed by atoms with Crippen molar-refractivity contribution in [1.82, 2.24) is 10.2 Å². The third-order valence-corrected chi connectivity index (χ3v) is 2.28. The molecule has 0 radical (unpaired) electrons. The zero-order chi connectivity index (χ0) is 9.68. The summed E-state index contributed by atoms with van der Waals surface area (Å²) >= 11 is 0. The predicted molar refractivity (Wildman–Crippen MR) is 50.3 cm³/mol. The number of nitrogens with zero attached hydrogens (tertiary/aromatic N) is 1. The Bertz CT molecular complexity index is 173. The van der Waals surface area contributed by atoms with E-state index in [1.807, 2.05) is 4.90 Å². The lowest BCUT2D eigenvalue weighted by molar-refractivity contribution is -0.129. The van der Waals surface area contributed by atoms with Crippen LogP contribution in [0.15, 0.2) is 0 Å². The summed E-state index contributed by atoms with van der Waals surface area (Å²) in [6, 6.07) is 0.0434. The molecule has 0 spiro atoms. The zero-order valence-electron chi connectivity index (χ0n) is 8.38. The van der Waals surface area contributed by atoms with Crippen LogP contribution in [0.3, 0.4) is 0 Å². The van der Waals surface area contributed by atoms with Gasteiger partial charge in [0.1, 0.15) is 0 Å². The molecular weight excluding hydrogens is 168 g/mol. The van der Waals surface area contributed by atoms with Gasteiger partial charge in [0.05, 0.1) is 19.3 Å². The lowest BCUT2D eigenvalue weighted by Gasteiger charge is -2.14. The number of hydrogen-bond acceptors (Lipinski definition) is 3. The fraction of sp³-hybridized carbons (Fsp3) is 0.889. The first kappa shape index (κ1) is 10.5. The van der Waals surface area contributed by atoms with Crippen LogP contribution in [0.5, 0.6) is 0 Å². The van der Waals surface area contributed by atoms with E-state index in [1.165, 1.54) is 0 Å². The minimum Gasteiger partial charge on any atom is -0.383 e. The molecule has 1 fully saturated rings. The first-order valence-corrected chi connectivity index (χ1v) is 4.80. The van der Waals surface area contributed by atoms with Gasteiger partial charge in [-0.15, -0.1) is 0 Å². The number of ether oxygens (including phenoxy) is 1. The molecule has 0 bridgehead atoms. The molecule has 1 aliphatic heterocycles. The number of hydrogen-bond donors (Lipinski definition) is 1. The minimum absolute atomic E-state index is 0.0434. The monoisotopic (exact) mass is 186 g/mol. The van der Waals surface area contributed by atoms with Gasteiger partial charge in [-0.3, -0.25) is 10.1 Å². The molecule has 0 saturated carbocycles. The standard InChI is InChI=1S/C9H18N2O2/c1-3-4-8-9(12)11(7-10-8)5-6-13-2/h8,10H,3-7H2,1-2H3. The predicted octanol–water partition coefficient (Wildman–Crippen LogP) is 0.191. The van der Waals surface area contributed by atoms with Gasteiger partial charge in [-0.2, -0.15) is 0 Å². The molecule has 1 N–H and O–H groups in total. The van der Waals surface area contributed by atoms with Crippen molar-refractivity contribution in [3.8, 4) is 0 Å². The molecule has 1 heterocycles. The maximum atomic E-state index is 11.6. The molecule has 1 aliphatic rings. The van der Waals surface area contributed by atoms with Crippen LogP contribution in [0.25, 0.3) is 0 Å². The summed E-state index contributed by atoms with van der Waals surface area (Å²) < 4.78 is 4.93. The number of carbonyl (C=O) groups is 1. The average Bonchev–Trinajstić information content (AvgIpc) is 2.46. The van der Waals surface area contributed by atoms with E-state index in [1.54, 1.807) is 7.11 Å². The molecule has 1 rings (SSSR count). The van der Waals surface area contributed by atoms with Crippen molar-refractivity contribution in [2.75, 3.05) is 26.9 Å². The van der Waals surface area contributed by atoms with Gasteiger partial charge in [-0.05, 0) is 6.42 Å². The lowest BCUT2D eigenvalue weighted by atomic mass is 10.2. The number of methoxy groups -OCH3 is 1. The summed E-state index contributed by atoms with van der Waals surface area (Å²) in [7, 11) is 1.65. The molecule has 1 saturated heterocycles. The molecule has 4 nitrogen and oxygen atoms in total. The van der Waals surface area contributed by atoms with Gasteiger partial charge in [0.25, 0.3) is 0 Å². The highest BCUT2D eigenvalue weighted by molar-refractivity contribution is 5.83. The summed E-state index contributed by atoms with van der Waals surface area (Å²) in [6.07, 6.45) is 1.98. The first-order chi connectivity index (χ1) is 6.29. The number of carbonyl (C=O) groups excluding carboxylic acids is 1. The molecule has 0 aromatic carbocycles. The Kier molecular flexibility index (Phi) is 4.18. The van der Waals surface area contributed by atoms with E-state index in [-0.39, 0.29) is 11.9 Å². The summed E-state index contributed by atoms with van der Waals surface area (Å²) in [4.78, 5) is 13.4. The van der Waals surface area contributed by atoms with Gasteiger partial charge in [0.2, 0.25) is 5.91 Å². The summed E-state index contributed by atoms with van der Waals surface area (Å²) in [5.41, 5.74) is 0. The van der Waals surface area contributed by atoms with Crippen LogP contribution in [0.4, 0.5) is 0 Å². The molecule has 0 aliphatic carbocycles. The second-order valence-electron chi connectivity index (χ2n) is 3.30. The smallest absolute Gasteiger partial charge is 0.240 e. The maximum absolute atomic E-state index is 11.6. The molecule has 76 valence electrons. The molecular formula is C9H18N2O2. The minimum atomic E-state index is 0.0434. The van der Waals surface area contributed by atoms with E-state index in [9.17, 15) is 4.79 Å². The van der Waals surface area contributed by atoms with Crippen LogP contribution in [-0.4, -0.2) is 43.8 Å². The van der Waals surface area contributed by atoms with E-state index in [2.05, 4.69) is 12.2 Å². The Morgan fingerprint density at radius 2 is 2.46 bits per heavy atom. The van der Waals surface area contributed by atoms with E-state index in [0.717, 1.165) is 12.8 Å². The second-order valence-corrected chi connectivity index (χ2v) is 3.30. The topological polar surface area (TPSA) is 41.6 Å². The Hall–Kier alpha value is -0.610. The second kappa shape index (κ2) is 5.19. The summed E-state index contributed by atoms with van der Waals surface area (Å²) in [6.45, 7) is 4.08. The van der Waals surface area contributed by atoms with Gasteiger partial charge in [0, 0.05) is 13.7 Å². The third-order valence-electron chi connectivity index (χ3n) is 2.28. The van der Waals surface area contributed by atoms with Crippen LogP contribution in [0.1, 0.15) is 19.8 Å². The van der Waals surface area contributed by atoms with Gasteiger partial charge >= 0.3 is 0 Å². The zero-order valence-corrected chi connectivity index (χ0v) is 8.38. The van der Waals surface area contributed by atoms with Gasteiger partial charge in [-0.25, -0.2) is 0 Å². The van der Waals surface area contributed by atoms with Crippen molar-refractivity contribution in [2.45, 2.75) is 25.8 Å². The average molecular weight is 186 g/mol. The molecule has 4 heteroatoms. The Balaban J connectivity index is 2.32. The Labute approximate surface area is 79.2 Å². The molecule has 0 aromatic heterocycles. The van der Waals surface area contributed by atoms with Crippen LogP contribution in [0.2, 0.25) is 0 Å². The number of nitrogens with one attached hydrogen (secondary N) is 1. The van der Waals surface area contributed by atoms with Crippen molar-refractivity contribution < 1.29 is 9.53 Å². The van der Waals surface area contributed by atoms with Crippen molar-refractivity contribution in [2.24, 2.45) is 0 Å². The normalized spacial score (nSPS) is 22.8. The highest BCUT2D eigenvalue weighted by Gasteiger charge is 2.29. The van der Waals surface area contributed by atoms with E-state index >= 15 is 0 Å². The maximum Gasteiger partial charge on any atom is 0.240 e. The fourth-order valence-electron chi connectivity index (χ4n) is 1.51. The van der Waals surface area contributed by atoms with Crippen molar-refractivity contribution in [3.63, 3.8) is 0 Å². The van der Waals surface area contributed by atoms with Crippen LogP contribution in [-0.2, 0) is 9.53 Å². The fourth-order valence-corrected chi connectivity index (χ4v) is 1.51. The molecule has 1 amide bonds. The third kappa shape index (κ3) is 2.67. The molecule has 1 unspecified atom stereocenters. The number of rotatable bonds is 5. The van der Waals surface area contributed by atoms with E-state index in [0.29, 0.717) is 19.8 Å². The SMILES string of the molecule is CCCC1NCN(CCOC)C1=O. The van der Waals surface area contributed by atoms with Gasteiger partial charge in [-0.1, -0.05) is 13.3 Å². The summed E-state index contributed by atoms with van der Waals surface area (Å²) in [5.74, 6) is 0.221. The molecule has 0 aromatic rings. The van der Waals surface area contributed by atoms with Crippen molar-refractivity contribution in [1.29, 1.82) is 0 Å². The Morgan fingerprint density at radius 1 is 1.69 bits per heavy atom. The highest BCUT2D eigenvalue weighted by Crippen LogP contribution is 2.07. The van der Waals surface area contributed by atoms with Gasteiger partial charge < -0.3 is 9.64 Å². The molecule has 13 heavy (non-hydrogen) atoms. The first-order valence-electron chi connectivity index (χ1n) is 4.80. The van der Waals surface area contributed by atoms with Crippen LogP contribution < -0.4 is 5.32 Å². The van der Waals surface area contributed by atoms with E-state index < -0.39 is 0 Å². The largest absolute Gasteiger partial charge is 0.383 e. The number of amides is 1. The molecule has 1 atom stereocenters. The van der Waals surface area contributed by atoms with E-state index in [4.69, 9.17) is 4.74 Å². The van der Waals surface area contributed by atoms with Crippen LogP contribution in [0, 0.1) is 0 Å². The van der Waals surface area contributed by atoms with Crippen LogP contribution >= 0.6 is 0 Å². The lowest BCUT2D eigenvalue weighted by Crippen LogP contribution is -2.32. The highest BCUT2D eigenvalue weighted by atomic mass is 16.5. The van der Waals surface area contributed by atoms with Crippen molar-refractivity contribution in [3.05, 3.63) is 0 Å².